The molecule has 62 valence electrons. The molecular formula is C8H15N3. The van der Waals surface area contributed by atoms with E-state index in [1.807, 2.05) is 0 Å². The molecule has 0 spiro atoms. The van der Waals surface area contributed by atoms with Gasteiger partial charge in [0.1, 0.15) is 0 Å². The zero-order valence-electron chi connectivity index (χ0n) is 6.95. The van der Waals surface area contributed by atoms with E-state index in [1.165, 1.54) is 0 Å². The monoisotopic (exact) mass is 153 g/mol. The van der Waals surface area contributed by atoms with E-state index >= 15 is 0 Å². The van der Waals surface area contributed by atoms with Crippen molar-refractivity contribution in [1.29, 1.82) is 5.26 Å². The predicted octanol–water partition coefficient (Wildman–Crippen LogP) is 0.179. The van der Waals surface area contributed by atoms with Gasteiger partial charge in [-0.05, 0) is 33.0 Å². The Morgan fingerprint density at radius 2 is 2.09 bits per heavy atom. The highest BCUT2D eigenvalue weighted by molar-refractivity contribution is 4.92. The standard InChI is InChI=1S/C8H15N3/c1-11-4-2-7(6-9)8(10)3-5-11/h7-8H,2-5,10H2,1H3/t7-,8+/m1/s1. The molecule has 1 saturated heterocycles. The molecule has 1 aliphatic heterocycles. The topological polar surface area (TPSA) is 53.0 Å². The lowest BCUT2D eigenvalue weighted by atomic mass is 9.98. The Bertz CT molecular complexity index is 161. The Balaban J connectivity index is 2.50. The summed E-state index contributed by atoms with van der Waals surface area (Å²) in [4.78, 5) is 2.23. The van der Waals surface area contributed by atoms with Crippen LogP contribution in [0.2, 0.25) is 0 Å². The molecule has 3 heteroatoms. The summed E-state index contributed by atoms with van der Waals surface area (Å²) in [5.74, 6) is 0.0694. The molecule has 1 heterocycles. The van der Waals surface area contributed by atoms with Gasteiger partial charge in [-0.3, -0.25) is 0 Å². The largest absolute Gasteiger partial charge is 0.326 e. The first-order chi connectivity index (χ1) is 5.24. The van der Waals surface area contributed by atoms with Crippen molar-refractivity contribution in [3.63, 3.8) is 0 Å². The summed E-state index contributed by atoms with van der Waals surface area (Å²) in [7, 11) is 2.08. The second kappa shape index (κ2) is 3.70. The third kappa shape index (κ3) is 2.18. The normalized spacial score (nSPS) is 34.3. The molecule has 0 radical (unpaired) electrons. The molecule has 0 unspecified atom stereocenters. The number of nitrogens with zero attached hydrogens (tertiary/aromatic N) is 2. The van der Waals surface area contributed by atoms with E-state index in [-0.39, 0.29) is 12.0 Å². The van der Waals surface area contributed by atoms with Crippen LogP contribution in [0.15, 0.2) is 0 Å². The number of hydrogen-bond acceptors (Lipinski definition) is 3. The molecule has 1 rings (SSSR count). The summed E-state index contributed by atoms with van der Waals surface area (Å²) in [6.07, 6.45) is 1.88. The summed E-state index contributed by atoms with van der Waals surface area (Å²) < 4.78 is 0. The molecular weight excluding hydrogens is 138 g/mol. The van der Waals surface area contributed by atoms with Crippen molar-refractivity contribution in [2.24, 2.45) is 11.7 Å². The first-order valence-electron chi connectivity index (χ1n) is 4.08. The van der Waals surface area contributed by atoms with E-state index < -0.39 is 0 Å². The summed E-state index contributed by atoms with van der Waals surface area (Å²) in [5.41, 5.74) is 5.80. The van der Waals surface area contributed by atoms with E-state index in [2.05, 4.69) is 18.0 Å². The highest BCUT2D eigenvalue weighted by Gasteiger charge is 2.21. The molecule has 0 aromatic heterocycles. The number of nitrogens with two attached hydrogens (primary N) is 1. The summed E-state index contributed by atoms with van der Waals surface area (Å²) in [6.45, 7) is 2.03. The minimum atomic E-state index is 0.0694. The van der Waals surface area contributed by atoms with E-state index in [4.69, 9.17) is 11.0 Å². The zero-order valence-corrected chi connectivity index (χ0v) is 6.95. The van der Waals surface area contributed by atoms with Gasteiger partial charge in [-0.1, -0.05) is 0 Å². The number of likely N-dealkylation sites (tertiary alicyclic amines) is 1. The maximum Gasteiger partial charge on any atom is 0.0672 e. The fraction of sp³-hybridized carbons (Fsp3) is 0.875. The van der Waals surface area contributed by atoms with E-state index in [1.54, 1.807) is 0 Å². The Morgan fingerprint density at radius 1 is 1.45 bits per heavy atom. The van der Waals surface area contributed by atoms with Crippen molar-refractivity contribution in [2.75, 3.05) is 20.1 Å². The van der Waals surface area contributed by atoms with Gasteiger partial charge in [0, 0.05) is 6.04 Å². The predicted molar refractivity (Wildman–Crippen MR) is 43.8 cm³/mol. The van der Waals surface area contributed by atoms with Gasteiger partial charge in [-0.25, -0.2) is 0 Å². The van der Waals surface area contributed by atoms with Crippen molar-refractivity contribution in [3.05, 3.63) is 0 Å². The molecule has 0 aliphatic carbocycles. The van der Waals surface area contributed by atoms with Gasteiger partial charge in [0.05, 0.1) is 12.0 Å². The quantitative estimate of drug-likeness (QED) is 0.540. The maximum atomic E-state index is 8.72. The van der Waals surface area contributed by atoms with E-state index in [0.717, 1.165) is 25.9 Å². The number of nitriles is 1. The maximum absolute atomic E-state index is 8.72. The second-order valence-corrected chi connectivity index (χ2v) is 3.28. The average molecular weight is 153 g/mol. The third-order valence-corrected chi connectivity index (χ3v) is 2.35. The van der Waals surface area contributed by atoms with Gasteiger partial charge in [0.25, 0.3) is 0 Å². The molecule has 0 aromatic rings. The van der Waals surface area contributed by atoms with Crippen LogP contribution in [-0.2, 0) is 0 Å². The van der Waals surface area contributed by atoms with Crippen LogP contribution in [0.4, 0.5) is 0 Å². The SMILES string of the molecule is CN1CC[C@H](N)[C@@H](C#N)CC1. The lowest BCUT2D eigenvalue weighted by Crippen LogP contribution is -2.29. The van der Waals surface area contributed by atoms with Crippen LogP contribution in [0.1, 0.15) is 12.8 Å². The Hall–Kier alpha value is -0.590. The fourth-order valence-corrected chi connectivity index (χ4v) is 1.42. The number of hydrogen-bond donors (Lipinski definition) is 1. The van der Waals surface area contributed by atoms with Crippen LogP contribution in [0.5, 0.6) is 0 Å². The van der Waals surface area contributed by atoms with Crippen molar-refractivity contribution in [1.82, 2.24) is 4.90 Å². The van der Waals surface area contributed by atoms with Crippen LogP contribution in [-0.4, -0.2) is 31.1 Å². The molecule has 1 aliphatic rings. The highest BCUT2D eigenvalue weighted by Crippen LogP contribution is 2.14. The smallest absolute Gasteiger partial charge is 0.0672 e. The molecule has 2 N–H and O–H groups in total. The molecule has 11 heavy (non-hydrogen) atoms. The Labute approximate surface area is 67.8 Å². The first kappa shape index (κ1) is 8.51. The Kier molecular flexibility index (Phi) is 2.86. The highest BCUT2D eigenvalue weighted by atomic mass is 15.1. The molecule has 0 saturated carbocycles. The molecule has 0 bridgehead atoms. The minimum Gasteiger partial charge on any atom is -0.326 e. The number of rotatable bonds is 0. The van der Waals surface area contributed by atoms with Crippen molar-refractivity contribution in [2.45, 2.75) is 18.9 Å². The van der Waals surface area contributed by atoms with Crippen LogP contribution < -0.4 is 5.73 Å². The van der Waals surface area contributed by atoms with Crippen LogP contribution in [0.25, 0.3) is 0 Å². The van der Waals surface area contributed by atoms with Gasteiger partial charge in [-0.15, -0.1) is 0 Å². The van der Waals surface area contributed by atoms with Crippen molar-refractivity contribution >= 4 is 0 Å². The lowest BCUT2D eigenvalue weighted by molar-refractivity contribution is 0.346. The molecule has 3 nitrogen and oxygen atoms in total. The van der Waals surface area contributed by atoms with Gasteiger partial charge in [0.2, 0.25) is 0 Å². The average Bonchev–Trinajstić information content (AvgIpc) is 2.15. The fourth-order valence-electron chi connectivity index (χ4n) is 1.42. The summed E-state index contributed by atoms with van der Waals surface area (Å²) >= 11 is 0. The van der Waals surface area contributed by atoms with Crippen LogP contribution in [0, 0.1) is 17.2 Å². The van der Waals surface area contributed by atoms with Gasteiger partial charge >= 0.3 is 0 Å². The summed E-state index contributed by atoms with van der Waals surface area (Å²) in [6, 6.07) is 2.35. The van der Waals surface area contributed by atoms with E-state index in [9.17, 15) is 0 Å². The third-order valence-electron chi connectivity index (χ3n) is 2.35. The van der Waals surface area contributed by atoms with E-state index in [0.29, 0.717) is 0 Å². The minimum absolute atomic E-state index is 0.0694. The zero-order chi connectivity index (χ0) is 8.27. The van der Waals surface area contributed by atoms with Crippen LogP contribution in [0.3, 0.4) is 0 Å². The summed E-state index contributed by atoms with van der Waals surface area (Å²) in [5, 5.41) is 8.72. The first-order valence-corrected chi connectivity index (χ1v) is 4.08. The molecule has 1 fully saturated rings. The van der Waals surface area contributed by atoms with Crippen LogP contribution >= 0.6 is 0 Å². The van der Waals surface area contributed by atoms with Gasteiger partial charge in [-0.2, -0.15) is 5.26 Å². The lowest BCUT2D eigenvalue weighted by Gasteiger charge is -2.11. The molecule has 0 aromatic carbocycles. The second-order valence-electron chi connectivity index (χ2n) is 3.28. The van der Waals surface area contributed by atoms with Crippen molar-refractivity contribution in [3.8, 4) is 6.07 Å². The van der Waals surface area contributed by atoms with Crippen molar-refractivity contribution < 1.29 is 0 Å². The molecule has 0 amide bonds. The Morgan fingerprint density at radius 3 is 2.73 bits per heavy atom. The van der Waals surface area contributed by atoms with Gasteiger partial charge in [0.15, 0.2) is 0 Å². The van der Waals surface area contributed by atoms with Gasteiger partial charge < -0.3 is 10.6 Å². The molecule has 2 atom stereocenters.